The molecule has 4 heteroatoms. The molecule has 1 aromatic heterocycles. The Bertz CT molecular complexity index is 500. The molecule has 1 N–H and O–H groups in total. The maximum atomic E-state index is 13.1. The second-order valence-corrected chi connectivity index (χ2v) is 3.70. The van der Waals surface area contributed by atoms with E-state index in [4.69, 9.17) is 0 Å². The topological polar surface area (TPSA) is 37.8 Å². The highest BCUT2D eigenvalue weighted by Crippen LogP contribution is 2.18. The highest BCUT2D eigenvalue weighted by atomic mass is 19.1. The number of nitrogens with zero attached hydrogens (tertiary/aromatic N) is 2. The zero-order valence-electron chi connectivity index (χ0n) is 9.65. The fourth-order valence-corrected chi connectivity index (χ4v) is 1.49. The average Bonchev–Trinajstić information content (AvgIpc) is 2.37. The van der Waals surface area contributed by atoms with Crippen LogP contribution in [-0.2, 0) is 0 Å². The van der Waals surface area contributed by atoms with E-state index in [0.29, 0.717) is 5.95 Å². The monoisotopic (exact) mass is 231 g/mol. The Morgan fingerprint density at radius 3 is 2.94 bits per heavy atom. The first-order valence-corrected chi connectivity index (χ1v) is 5.62. The lowest BCUT2D eigenvalue weighted by atomic mass is 10.1. The molecule has 0 saturated heterocycles. The Labute approximate surface area is 99.7 Å². The number of hydrogen-bond acceptors (Lipinski definition) is 3. The Morgan fingerprint density at radius 2 is 2.18 bits per heavy atom. The highest BCUT2D eigenvalue weighted by molar-refractivity contribution is 5.59. The van der Waals surface area contributed by atoms with E-state index in [-0.39, 0.29) is 5.82 Å². The van der Waals surface area contributed by atoms with Crippen molar-refractivity contribution in [2.24, 2.45) is 0 Å². The first-order valence-electron chi connectivity index (χ1n) is 5.62. The van der Waals surface area contributed by atoms with Crippen LogP contribution >= 0.6 is 0 Å². The van der Waals surface area contributed by atoms with Gasteiger partial charge in [-0.2, -0.15) is 0 Å². The van der Waals surface area contributed by atoms with Crippen LogP contribution in [0.2, 0.25) is 0 Å². The molecule has 0 aliphatic carbocycles. The summed E-state index contributed by atoms with van der Waals surface area (Å²) >= 11 is 0. The van der Waals surface area contributed by atoms with Crippen LogP contribution < -0.4 is 5.32 Å². The van der Waals surface area contributed by atoms with Crippen LogP contribution in [0.15, 0.2) is 36.5 Å². The molecular formula is C13H14FN3. The second kappa shape index (κ2) is 5.39. The van der Waals surface area contributed by atoms with Crippen molar-refractivity contribution in [3.63, 3.8) is 0 Å². The number of halogens is 1. The number of rotatable bonds is 4. The SMILES string of the molecule is CCCNc1nccc(-c2cccc(F)c2)n1. The van der Waals surface area contributed by atoms with Crippen LogP contribution in [0.5, 0.6) is 0 Å². The van der Waals surface area contributed by atoms with E-state index in [1.807, 2.05) is 6.07 Å². The van der Waals surface area contributed by atoms with Gasteiger partial charge >= 0.3 is 0 Å². The van der Waals surface area contributed by atoms with Gasteiger partial charge in [0.2, 0.25) is 5.95 Å². The quantitative estimate of drug-likeness (QED) is 0.878. The van der Waals surface area contributed by atoms with Crippen molar-refractivity contribution < 1.29 is 4.39 Å². The maximum absolute atomic E-state index is 13.1. The lowest BCUT2D eigenvalue weighted by Gasteiger charge is -2.05. The Morgan fingerprint density at radius 1 is 1.29 bits per heavy atom. The lowest BCUT2D eigenvalue weighted by Crippen LogP contribution is -2.04. The molecule has 0 radical (unpaired) electrons. The smallest absolute Gasteiger partial charge is 0.223 e. The van der Waals surface area contributed by atoms with E-state index in [2.05, 4.69) is 22.2 Å². The van der Waals surface area contributed by atoms with Gasteiger partial charge in [0, 0.05) is 18.3 Å². The fourth-order valence-electron chi connectivity index (χ4n) is 1.49. The number of aromatic nitrogens is 2. The Balaban J connectivity index is 2.26. The lowest BCUT2D eigenvalue weighted by molar-refractivity contribution is 0.628. The van der Waals surface area contributed by atoms with E-state index in [0.717, 1.165) is 24.2 Å². The van der Waals surface area contributed by atoms with Crippen LogP contribution in [0.25, 0.3) is 11.3 Å². The first kappa shape index (κ1) is 11.5. The zero-order chi connectivity index (χ0) is 12.1. The van der Waals surface area contributed by atoms with Gasteiger partial charge in [-0.1, -0.05) is 19.1 Å². The number of benzene rings is 1. The summed E-state index contributed by atoms with van der Waals surface area (Å²) in [6.45, 7) is 2.90. The molecule has 0 aliphatic heterocycles. The molecule has 0 bridgehead atoms. The standard InChI is InChI=1S/C13H14FN3/c1-2-7-15-13-16-8-6-12(17-13)10-4-3-5-11(14)9-10/h3-6,8-9H,2,7H2,1H3,(H,15,16,17). The average molecular weight is 231 g/mol. The summed E-state index contributed by atoms with van der Waals surface area (Å²) in [5.74, 6) is 0.317. The second-order valence-electron chi connectivity index (χ2n) is 3.70. The van der Waals surface area contributed by atoms with Crippen molar-refractivity contribution in [3.05, 3.63) is 42.3 Å². The summed E-state index contributed by atoms with van der Waals surface area (Å²) in [5.41, 5.74) is 1.48. The van der Waals surface area contributed by atoms with Gasteiger partial charge in [0.15, 0.2) is 0 Å². The summed E-state index contributed by atoms with van der Waals surface area (Å²) in [6.07, 6.45) is 2.68. The van der Waals surface area contributed by atoms with Crippen molar-refractivity contribution in [1.29, 1.82) is 0 Å². The van der Waals surface area contributed by atoms with Gasteiger partial charge < -0.3 is 5.32 Å². The van der Waals surface area contributed by atoms with Crippen molar-refractivity contribution in [3.8, 4) is 11.3 Å². The summed E-state index contributed by atoms with van der Waals surface area (Å²) < 4.78 is 13.1. The van der Waals surface area contributed by atoms with Crippen LogP contribution in [0.4, 0.5) is 10.3 Å². The van der Waals surface area contributed by atoms with Gasteiger partial charge in [0.1, 0.15) is 5.82 Å². The summed E-state index contributed by atoms with van der Waals surface area (Å²) in [4.78, 5) is 8.44. The number of hydrogen-bond donors (Lipinski definition) is 1. The minimum absolute atomic E-state index is 0.260. The molecule has 88 valence electrons. The van der Waals surface area contributed by atoms with Gasteiger partial charge in [0.25, 0.3) is 0 Å². The number of anilines is 1. The molecular weight excluding hydrogens is 217 g/mol. The van der Waals surface area contributed by atoms with Crippen molar-refractivity contribution in [1.82, 2.24) is 9.97 Å². The van der Waals surface area contributed by atoms with Crippen LogP contribution in [0.1, 0.15) is 13.3 Å². The third kappa shape index (κ3) is 3.00. The molecule has 0 aliphatic rings. The highest BCUT2D eigenvalue weighted by Gasteiger charge is 2.02. The van der Waals surface area contributed by atoms with E-state index >= 15 is 0 Å². The van der Waals surface area contributed by atoms with E-state index in [1.54, 1.807) is 18.3 Å². The Hall–Kier alpha value is -1.97. The largest absolute Gasteiger partial charge is 0.354 e. The molecule has 0 amide bonds. The van der Waals surface area contributed by atoms with Crippen molar-refractivity contribution >= 4 is 5.95 Å². The predicted octanol–water partition coefficient (Wildman–Crippen LogP) is 3.10. The van der Waals surface area contributed by atoms with Crippen molar-refractivity contribution in [2.45, 2.75) is 13.3 Å². The number of nitrogens with one attached hydrogen (secondary N) is 1. The van der Waals surface area contributed by atoms with E-state index in [1.165, 1.54) is 12.1 Å². The molecule has 0 spiro atoms. The molecule has 17 heavy (non-hydrogen) atoms. The van der Waals surface area contributed by atoms with Gasteiger partial charge in [-0.3, -0.25) is 0 Å². The third-order valence-corrected chi connectivity index (χ3v) is 2.31. The fraction of sp³-hybridized carbons (Fsp3) is 0.231. The third-order valence-electron chi connectivity index (χ3n) is 2.31. The first-order chi connectivity index (χ1) is 8.29. The molecule has 0 fully saturated rings. The van der Waals surface area contributed by atoms with E-state index in [9.17, 15) is 4.39 Å². The molecule has 0 unspecified atom stereocenters. The maximum Gasteiger partial charge on any atom is 0.223 e. The molecule has 0 atom stereocenters. The molecule has 3 nitrogen and oxygen atoms in total. The van der Waals surface area contributed by atoms with Gasteiger partial charge in [-0.05, 0) is 24.6 Å². The van der Waals surface area contributed by atoms with E-state index < -0.39 is 0 Å². The summed E-state index contributed by atoms with van der Waals surface area (Å²) in [6, 6.07) is 8.15. The van der Waals surface area contributed by atoms with Crippen LogP contribution in [0, 0.1) is 5.82 Å². The molecule has 2 aromatic rings. The summed E-state index contributed by atoms with van der Waals surface area (Å²) in [5, 5.41) is 3.10. The van der Waals surface area contributed by atoms with Crippen molar-refractivity contribution in [2.75, 3.05) is 11.9 Å². The van der Waals surface area contributed by atoms with Gasteiger partial charge in [0.05, 0.1) is 5.69 Å². The van der Waals surface area contributed by atoms with Crippen LogP contribution in [0.3, 0.4) is 0 Å². The normalized spacial score (nSPS) is 10.2. The van der Waals surface area contributed by atoms with Crippen LogP contribution in [-0.4, -0.2) is 16.5 Å². The van der Waals surface area contributed by atoms with Gasteiger partial charge in [-0.15, -0.1) is 0 Å². The Kier molecular flexibility index (Phi) is 3.65. The molecule has 2 rings (SSSR count). The minimum Gasteiger partial charge on any atom is -0.354 e. The molecule has 1 aromatic carbocycles. The predicted molar refractivity (Wildman–Crippen MR) is 66.2 cm³/mol. The summed E-state index contributed by atoms with van der Waals surface area (Å²) in [7, 11) is 0. The zero-order valence-corrected chi connectivity index (χ0v) is 9.65. The molecule has 0 saturated carbocycles. The van der Waals surface area contributed by atoms with Gasteiger partial charge in [-0.25, -0.2) is 14.4 Å². The minimum atomic E-state index is -0.260. The molecule has 1 heterocycles.